The number of carbonyl (C=O) groups is 2. The predicted octanol–water partition coefficient (Wildman–Crippen LogP) is 4.02. The molecule has 23 heavy (non-hydrogen) atoms. The smallest absolute Gasteiger partial charge is 0.338 e. The highest BCUT2D eigenvalue weighted by atomic mass is 16.5. The summed E-state index contributed by atoms with van der Waals surface area (Å²) in [7, 11) is 0. The Bertz CT molecular complexity index is 684. The minimum absolute atomic E-state index is 0.00900. The van der Waals surface area contributed by atoms with Crippen LogP contribution in [0.3, 0.4) is 0 Å². The standard InChI is InChI=1S/C20H20O3/c1-2-12-20-13-11-17(21)14-16(20)9-6-10-18(20)23-19(22)15-7-4-3-5-8-15/h2-5,7-8,11,13-14,18H,1,6,9-10,12H2/t18-,20-/m0/s1. The number of carbonyl (C=O) groups excluding carboxylic acids is 2. The lowest BCUT2D eigenvalue weighted by atomic mass is 9.64. The van der Waals surface area contributed by atoms with E-state index in [9.17, 15) is 9.59 Å². The first-order valence-corrected chi connectivity index (χ1v) is 7.97. The molecule has 1 fully saturated rings. The fourth-order valence-corrected chi connectivity index (χ4v) is 3.55. The van der Waals surface area contributed by atoms with Crippen LogP contribution in [0.5, 0.6) is 0 Å². The second kappa shape index (κ2) is 6.37. The molecular formula is C20H20O3. The van der Waals surface area contributed by atoms with Crippen LogP contribution in [-0.4, -0.2) is 17.9 Å². The number of benzene rings is 1. The Morgan fingerprint density at radius 2 is 2.13 bits per heavy atom. The average Bonchev–Trinajstić information content (AvgIpc) is 2.57. The molecule has 118 valence electrons. The van der Waals surface area contributed by atoms with Crippen molar-refractivity contribution >= 4 is 11.8 Å². The Labute approximate surface area is 136 Å². The van der Waals surface area contributed by atoms with Gasteiger partial charge in [0.2, 0.25) is 0 Å². The van der Waals surface area contributed by atoms with Crippen molar-refractivity contribution in [2.45, 2.75) is 31.8 Å². The van der Waals surface area contributed by atoms with Crippen molar-refractivity contribution in [3.63, 3.8) is 0 Å². The summed E-state index contributed by atoms with van der Waals surface area (Å²) in [5.74, 6) is -0.305. The van der Waals surface area contributed by atoms with E-state index in [4.69, 9.17) is 4.74 Å². The van der Waals surface area contributed by atoms with Crippen LogP contribution in [0.4, 0.5) is 0 Å². The zero-order valence-corrected chi connectivity index (χ0v) is 13.0. The van der Waals surface area contributed by atoms with Gasteiger partial charge in [-0.25, -0.2) is 4.79 Å². The van der Waals surface area contributed by atoms with Crippen LogP contribution in [0.25, 0.3) is 0 Å². The third-order valence-electron chi connectivity index (χ3n) is 4.69. The van der Waals surface area contributed by atoms with Gasteiger partial charge in [-0.15, -0.1) is 6.58 Å². The quantitative estimate of drug-likeness (QED) is 0.623. The summed E-state index contributed by atoms with van der Waals surface area (Å²) >= 11 is 0. The van der Waals surface area contributed by atoms with Gasteiger partial charge in [-0.05, 0) is 50.0 Å². The molecule has 3 nitrogen and oxygen atoms in total. The molecule has 0 saturated heterocycles. The van der Waals surface area contributed by atoms with Crippen LogP contribution >= 0.6 is 0 Å². The van der Waals surface area contributed by atoms with E-state index in [1.807, 2.05) is 30.4 Å². The Balaban J connectivity index is 1.89. The molecule has 3 heteroatoms. The molecule has 0 N–H and O–H groups in total. The minimum Gasteiger partial charge on any atom is -0.457 e. The summed E-state index contributed by atoms with van der Waals surface area (Å²) < 4.78 is 5.85. The number of rotatable bonds is 4. The Kier molecular flexibility index (Phi) is 4.28. The first kappa shape index (κ1) is 15.5. The molecule has 2 atom stereocenters. The van der Waals surface area contributed by atoms with Crippen LogP contribution in [0.2, 0.25) is 0 Å². The monoisotopic (exact) mass is 308 g/mol. The van der Waals surface area contributed by atoms with Crippen molar-refractivity contribution in [1.82, 2.24) is 0 Å². The molecule has 0 amide bonds. The molecule has 2 aliphatic carbocycles. The predicted molar refractivity (Wildman–Crippen MR) is 89.0 cm³/mol. The molecule has 1 aromatic carbocycles. The van der Waals surface area contributed by atoms with E-state index in [1.54, 1.807) is 24.3 Å². The van der Waals surface area contributed by atoms with E-state index in [0.29, 0.717) is 12.0 Å². The molecule has 2 aliphatic rings. The highest BCUT2D eigenvalue weighted by Crippen LogP contribution is 2.48. The molecule has 0 aliphatic heterocycles. The topological polar surface area (TPSA) is 43.4 Å². The first-order valence-electron chi connectivity index (χ1n) is 7.97. The molecule has 1 saturated carbocycles. The summed E-state index contributed by atoms with van der Waals surface area (Å²) in [6.45, 7) is 3.84. The number of hydrogen-bond acceptors (Lipinski definition) is 3. The molecule has 0 bridgehead atoms. The minimum atomic E-state index is -0.418. The number of ether oxygens (including phenoxy) is 1. The molecular weight excluding hydrogens is 288 g/mol. The van der Waals surface area contributed by atoms with Crippen LogP contribution in [-0.2, 0) is 9.53 Å². The van der Waals surface area contributed by atoms with E-state index in [0.717, 1.165) is 24.8 Å². The Morgan fingerprint density at radius 1 is 1.35 bits per heavy atom. The third kappa shape index (κ3) is 2.91. The molecule has 0 heterocycles. The van der Waals surface area contributed by atoms with Gasteiger partial charge in [0.05, 0.1) is 11.0 Å². The molecule has 0 spiro atoms. The number of esters is 1. The number of ketones is 1. The van der Waals surface area contributed by atoms with Crippen LogP contribution in [0.15, 0.2) is 66.8 Å². The van der Waals surface area contributed by atoms with E-state index < -0.39 is 5.41 Å². The maximum atomic E-state index is 12.4. The lowest BCUT2D eigenvalue weighted by Crippen LogP contribution is -2.42. The fraction of sp³-hybridized carbons (Fsp3) is 0.300. The van der Waals surface area contributed by atoms with Gasteiger partial charge in [0.15, 0.2) is 5.78 Å². The summed E-state index contributed by atoms with van der Waals surface area (Å²) in [6, 6.07) is 9.01. The van der Waals surface area contributed by atoms with Crippen LogP contribution in [0.1, 0.15) is 36.0 Å². The number of fused-ring (bicyclic) bond motifs is 1. The molecule has 1 aromatic rings. The van der Waals surface area contributed by atoms with Crippen molar-refractivity contribution in [1.29, 1.82) is 0 Å². The number of hydrogen-bond donors (Lipinski definition) is 0. The summed E-state index contributed by atoms with van der Waals surface area (Å²) in [5, 5.41) is 0. The van der Waals surface area contributed by atoms with Gasteiger partial charge in [-0.2, -0.15) is 0 Å². The zero-order valence-electron chi connectivity index (χ0n) is 13.0. The maximum Gasteiger partial charge on any atom is 0.338 e. The normalized spacial score (nSPS) is 26.2. The van der Waals surface area contributed by atoms with Gasteiger partial charge in [0, 0.05) is 0 Å². The highest BCUT2D eigenvalue weighted by molar-refractivity contribution is 6.01. The first-order chi connectivity index (χ1) is 11.2. The Hall–Kier alpha value is -2.42. The van der Waals surface area contributed by atoms with E-state index in [-0.39, 0.29) is 17.9 Å². The van der Waals surface area contributed by atoms with Crippen LogP contribution in [0, 0.1) is 5.41 Å². The SMILES string of the molecule is C=CC[C@]12C=CC(=O)C=C1CCC[C@@H]2OC(=O)c1ccccc1. The van der Waals surface area contributed by atoms with Crippen molar-refractivity contribution in [3.8, 4) is 0 Å². The highest BCUT2D eigenvalue weighted by Gasteiger charge is 2.45. The lowest BCUT2D eigenvalue weighted by molar-refractivity contribution is -0.110. The molecule has 3 rings (SSSR count). The van der Waals surface area contributed by atoms with Gasteiger partial charge in [-0.3, -0.25) is 4.79 Å². The molecule has 0 aromatic heterocycles. The van der Waals surface area contributed by atoms with Crippen molar-refractivity contribution < 1.29 is 14.3 Å². The van der Waals surface area contributed by atoms with Crippen molar-refractivity contribution in [2.24, 2.45) is 5.41 Å². The second-order valence-corrected chi connectivity index (χ2v) is 6.09. The largest absolute Gasteiger partial charge is 0.457 e. The summed E-state index contributed by atoms with van der Waals surface area (Å²) in [6.07, 6.45) is 10.0. The van der Waals surface area contributed by atoms with Gasteiger partial charge >= 0.3 is 5.97 Å². The van der Waals surface area contributed by atoms with Crippen molar-refractivity contribution in [3.05, 3.63) is 72.4 Å². The second-order valence-electron chi connectivity index (χ2n) is 6.09. The van der Waals surface area contributed by atoms with E-state index in [1.165, 1.54) is 0 Å². The molecule has 0 unspecified atom stereocenters. The van der Waals surface area contributed by atoms with Crippen LogP contribution < -0.4 is 0 Å². The maximum absolute atomic E-state index is 12.4. The number of allylic oxidation sites excluding steroid dienone is 3. The van der Waals surface area contributed by atoms with Gasteiger partial charge < -0.3 is 4.74 Å². The zero-order chi connectivity index (χ0) is 16.3. The van der Waals surface area contributed by atoms with Crippen molar-refractivity contribution in [2.75, 3.05) is 0 Å². The lowest BCUT2D eigenvalue weighted by Gasteiger charge is -2.44. The molecule has 0 radical (unpaired) electrons. The van der Waals surface area contributed by atoms with Gasteiger partial charge in [0.25, 0.3) is 0 Å². The van der Waals surface area contributed by atoms with E-state index >= 15 is 0 Å². The fourth-order valence-electron chi connectivity index (χ4n) is 3.55. The van der Waals surface area contributed by atoms with E-state index in [2.05, 4.69) is 6.58 Å². The van der Waals surface area contributed by atoms with Gasteiger partial charge in [0.1, 0.15) is 6.10 Å². The third-order valence-corrected chi connectivity index (χ3v) is 4.69. The summed E-state index contributed by atoms with van der Waals surface area (Å²) in [4.78, 5) is 24.2. The average molecular weight is 308 g/mol. The van der Waals surface area contributed by atoms with Gasteiger partial charge in [-0.1, -0.05) is 35.9 Å². The Morgan fingerprint density at radius 3 is 2.87 bits per heavy atom. The summed E-state index contributed by atoms with van der Waals surface area (Å²) in [5.41, 5.74) is 1.19.